The predicted molar refractivity (Wildman–Crippen MR) is 72.1 cm³/mol. The first-order valence-electron chi connectivity index (χ1n) is 6.30. The summed E-state index contributed by atoms with van der Waals surface area (Å²) in [4.78, 5) is 4.36. The van der Waals surface area contributed by atoms with Gasteiger partial charge in [0.25, 0.3) is 0 Å². The van der Waals surface area contributed by atoms with Gasteiger partial charge < -0.3 is 14.6 Å². The number of nitrogens with zero attached hydrogens (tertiary/aromatic N) is 2. The Morgan fingerprint density at radius 3 is 2.67 bits per heavy atom. The highest BCUT2D eigenvalue weighted by Gasteiger charge is 2.00. The fourth-order valence-corrected chi connectivity index (χ4v) is 1.73. The third-order valence-electron chi connectivity index (χ3n) is 2.64. The Bertz CT molecular complexity index is 476. The van der Waals surface area contributed by atoms with E-state index >= 15 is 0 Å². The largest absolute Gasteiger partial charge is 0.494 e. The summed E-state index contributed by atoms with van der Waals surface area (Å²) in [5, 5.41) is 3.26. The van der Waals surface area contributed by atoms with Crippen molar-refractivity contribution < 1.29 is 4.74 Å². The Hall–Kier alpha value is -1.81. The van der Waals surface area contributed by atoms with Gasteiger partial charge in [0, 0.05) is 18.4 Å². The van der Waals surface area contributed by atoms with Gasteiger partial charge in [-0.05, 0) is 37.7 Å². The van der Waals surface area contributed by atoms with Gasteiger partial charge in [-0.2, -0.15) is 0 Å². The summed E-state index contributed by atoms with van der Waals surface area (Å²) in [5.41, 5.74) is 2.14. The molecule has 2 aromatic rings. The molecule has 0 aliphatic heterocycles. The summed E-state index contributed by atoms with van der Waals surface area (Å²) in [7, 11) is 0. The fraction of sp³-hybridized carbons (Fsp3) is 0.357. The van der Waals surface area contributed by atoms with Crippen molar-refractivity contribution >= 4 is 0 Å². The lowest BCUT2D eigenvalue weighted by molar-refractivity contribution is 0.340. The summed E-state index contributed by atoms with van der Waals surface area (Å²) in [5.74, 6) is 0.897. The van der Waals surface area contributed by atoms with Crippen molar-refractivity contribution in [1.29, 1.82) is 0 Å². The quantitative estimate of drug-likeness (QED) is 0.849. The third-order valence-corrected chi connectivity index (χ3v) is 2.64. The van der Waals surface area contributed by atoms with E-state index < -0.39 is 0 Å². The standard InChI is InChI=1S/C14H19N3O/c1-3-15-9-12-10-17(11-16-12)13-5-7-14(8-6-13)18-4-2/h5-8,10-11,15H,3-4,9H2,1-2H3. The van der Waals surface area contributed by atoms with Gasteiger partial charge in [-0.15, -0.1) is 0 Å². The van der Waals surface area contributed by atoms with Gasteiger partial charge in [0.05, 0.1) is 18.6 Å². The van der Waals surface area contributed by atoms with Gasteiger partial charge in [-0.1, -0.05) is 6.92 Å². The molecule has 0 aliphatic carbocycles. The molecular weight excluding hydrogens is 226 g/mol. The second kappa shape index (κ2) is 6.21. The van der Waals surface area contributed by atoms with E-state index in [9.17, 15) is 0 Å². The Labute approximate surface area is 108 Å². The van der Waals surface area contributed by atoms with Crippen LogP contribution in [-0.2, 0) is 6.54 Å². The van der Waals surface area contributed by atoms with Crippen LogP contribution in [0.2, 0.25) is 0 Å². The van der Waals surface area contributed by atoms with Crippen LogP contribution in [0.1, 0.15) is 19.5 Å². The van der Waals surface area contributed by atoms with Crippen molar-refractivity contribution in [2.45, 2.75) is 20.4 Å². The van der Waals surface area contributed by atoms with E-state index in [4.69, 9.17) is 4.74 Å². The molecule has 0 aliphatic rings. The van der Waals surface area contributed by atoms with Crippen LogP contribution in [0.15, 0.2) is 36.8 Å². The SMILES string of the molecule is CCNCc1cn(-c2ccc(OCC)cc2)cn1. The molecule has 1 N–H and O–H groups in total. The van der Waals surface area contributed by atoms with Gasteiger partial charge >= 0.3 is 0 Å². The molecule has 1 heterocycles. The molecular formula is C14H19N3O. The van der Waals surface area contributed by atoms with Gasteiger partial charge in [0.15, 0.2) is 0 Å². The van der Waals surface area contributed by atoms with Crippen LogP contribution < -0.4 is 10.1 Å². The molecule has 0 bridgehead atoms. The van der Waals surface area contributed by atoms with Crippen LogP contribution in [0, 0.1) is 0 Å². The number of hydrogen-bond acceptors (Lipinski definition) is 3. The van der Waals surface area contributed by atoms with E-state index in [1.807, 2.05) is 48.3 Å². The lowest BCUT2D eigenvalue weighted by Gasteiger charge is -2.05. The second-order valence-corrected chi connectivity index (χ2v) is 3.98. The number of aromatic nitrogens is 2. The smallest absolute Gasteiger partial charge is 0.119 e. The number of hydrogen-bond donors (Lipinski definition) is 1. The number of nitrogens with one attached hydrogen (secondary N) is 1. The normalized spacial score (nSPS) is 10.6. The Kier molecular flexibility index (Phi) is 4.36. The highest BCUT2D eigenvalue weighted by molar-refractivity contribution is 5.37. The second-order valence-electron chi connectivity index (χ2n) is 3.98. The molecule has 0 saturated carbocycles. The van der Waals surface area contributed by atoms with Crippen molar-refractivity contribution in [3.63, 3.8) is 0 Å². The van der Waals surface area contributed by atoms with Crippen LogP contribution in [0.3, 0.4) is 0 Å². The zero-order chi connectivity index (χ0) is 12.8. The van der Waals surface area contributed by atoms with Crippen molar-refractivity contribution in [3.8, 4) is 11.4 Å². The Morgan fingerprint density at radius 1 is 1.22 bits per heavy atom. The number of rotatable bonds is 6. The minimum atomic E-state index is 0.692. The van der Waals surface area contributed by atoms with Crippen LogP contribution in [0.4, 0.5) is 0 Å². The Morgan fingerprint density at radius 2 is 2.00 bits per heavy atom. The van der Waals surface area contributed by atoms with Crippen LogP contribution in [0.25, 0.3) is 5.69 Å². The first-order valence-corrected chi connectivity index (χ1v) is 6.30. The van der Waals surface area contributed by atoms with E-state index in [0.29, 0.717) is 6.61 Å². The zero-order valence-electron chi connectivity index (χ0n) is 10.9. The maximum atomic E-state index is 5.42. The third kappa shape index (κ3) is 3.11. The van der Waals surface area contributed by atoms with E-state index in [2.05, 4.69) is 17.2 Å². The maximum Gasteiger partial charge on any atom is 0.119 e. The molecule has 0 saturated heterocycles. The van der Waals surface area contributed by atoms with Crippen LogP contribution in [-0.4, -0.2) is 22.7 Å². The molecule has 0 fully saturated rings. The van der Waals surface area contributed by atoms with E-state index in [0.717, 1.165) is 30.2 Å². The summed E-state index contributed by atoms with van der Waals surface area (Å²) in [6.45, 7) is 6.52. The molecule has 0 amide bonds. The molecule has 4 heteroatoms. The number of benzene rings is 1. The number of ether oxygens (including phenoxy) is 1. The maximum absolute atomic E-state index is 5.42. The first kappa shape index (κ1) is 12.6. The molecule has 4 nitrogen and oxygen atoms in total. The minimum absolute atomic E-state index is 0.692. The molecule has 96 valence electrons. The lowest BCUT2D eigenvalue weighted by atomic mass is 10.3. The van der Waals surface area contributed by atoms with E-state index in [1.165, 1.54) is 0 Å². The lowest BCUT2D eigenvalue weighted by Crippen LogP contribution is -2.11. The molecule has 0 unspecified atom stereocenters. The summed E-state index contributed by atoms with van der Waals surface area (Å²) >= 11 is 0. The van der Waals surface area contributed by atoms with Gasteiger partial charge in [0.2, 0.25) is 0 Å². The number of imidazole rings is 1. The molecule has 0 atom stereocenters. The summed E-state index contributed by atoms with van der Waals surface area (Å²) in [6.07, 6.45) is 3.88. The van der Waals surface area contributed by atoms with Gasteiger partial charge in [0.1, 0.15) is 5.75 Å². The Balaban J connectivity index is 2.08. The molecule has 1 aromatic carbocycles. The van der Waals surface area contributed by atoms with Crippen LogP contribution >= 0.6 is 0 Å². The van der Waals surface area contributed by atoms with Crippen molar-refractivity contribution in [3.05, 3.63) is 42.5 Å². The molecule has 18 heavy (non-hydrogen) atoms. The molecule has 0 spiro atoms. The van der Waals surface area contributed by atoms with Gasteiger partial charge in [-0.25, -0.2) is 4.98 Å². The zero-order valence-corrected chi connectivity index (χ0v) is 10.9. The minimum Gasteiger partial charge on any atom is -0.494 e. The van der Waals surface area contributed by atoms with Crippen molar-refractivity contribution in [2.24, 2.45) is 0 Å². The topological polar surface area (TPSA) is 39.1 Å². The first-order chi connectivity index (χ1) is 8.83. The van der Waals surface area contributed by atoms with E-state index in [1.54, 1.807) is 0 Å². The molecule has 2 rings (SSSR count). The van der Waals surface area contributed by atoms with Crippen molar-refractivity contribution in [2.75, 3.05) is 13.2 Å². The van der Waals surface area contributed by atoms with Gasteiger partial charge in [-0.3, -0.25) is 0 Å². The summed E-state index contributed by atoms with van der Waals surface area (Å²) in [6, 6.07) is 8.01. The molecule has 0 radical (unpaired) electrons. The van der Waals surface area contributed by atoms with Crippen molar-refractivity contribution in [1.82, 2.24) is 14.9 Å². The predicted octanol–water partition coefficient (Wildman–Crippen LogP) is 2.38. The highest BCUT2D eigenvalue weighted by Crippen LogP contribution is 2.15. The van der Waals surface area contributed by atoms with Crippen LogP contribution in [0.5, 0.6) is 5.75 Å². The average Bonchev–Trinajstić information content (AvgIpc) is 2.86. The fourth-order valence-electron chi connectivity index (χ4n) is 1.73. The monoisotopic (exact) mass is 245 g/mol. The highest BCUT2D eigenvalue weighted by atomic mass is 16.5. The van der Waals surface area contributed by atoms with E-state index in [-0.39, 0.29) is 0 Å². The molecule has 1 aromatic heterocycles. The average molecular weight is 245 g/mol. The summed E-state index contributed by atoms with van der Waals surface area (Å²) < 4.78 is 7.44.